The van der Waals surface area contributed by atoms with E-state index in [1.54, 1.807) is 0 Å². The van der Waals surface area contributed by atoms with Gasteiger partial charge in [-0.05, 0) is 6.92 Å². The van der Waals surface area contributed by atoms with Crippen LogP contribution in [0.3, 0.4) is 0 Å². The number of anilines is 1. The van der Waals surface area contributed by atoms with Gasteiger partial charge in [0.2, 0.25) is 5.95 Å². The van der Waals surface area contributed by atoms with Crippen LogP contribution in [0.1, 0.15) is 18.5 Å². The molecular weight excluding hydrogens is 228 g/mol. The molecule has 0 aliphatic heterocycles. The summed E-state index contributed by atoms with van der Waals surface area (Å²) in [5.74, 6) is -1.21. The lowest BCUT2D eigenvalue weighted by molar-refractivity contribution is -0.142. The standard InChI is InChI=1S/C8H10N6O3/c1-3(6(16)17-2)4-5(15)13-14-7(9)11-12-8(14)10-4/h3H,1-2H3,(H2,9,11)(H,13,15)/t3-/m0/s1. The molecule has 0 amide bonds. The second-order valence-electron chi connectivity index (χ2n) is 3.38. The first-order valence-corrected chi connectivity index (χ1v) is 4.73. The maximum absolute atomic E-state index is 11.7. The number of rotatable bonds is 2. The Morgan fingerprint density at radius 3 is 2.88 bits per heavy atom. The number of nitrogens with zero attached hydrogens (tertiary/aromatic N) is 4. The second kappa shape index (κ2) is 3.85. The van der Waals surface area contributed by atoms with E-state index < -0.39 is 17.4 Å². The maximum Gasteiger partial charge on any atom is 0.314 e. The summed E-state index contributed by atoms with van der Waals surface area (Å²) in [6.07, 6.45) is 0. The zero-order valence-corrected chi connectivity index (χ0v) is 9.17. The van der Waals surface area contributed by atoms with E-state index in [0.717, 1.165) is 4.52 Å². The van der Waals surface area contributed by atoms with Crippen molar-refractivity contribution in [2.45, 2.75) is 12.8 Å². The Kier molecular flexibility index (Phi) is 2.50. The monoisotopic (exact) mass is 238 g/mol. The topological polar surface area (TPSA) is 128 Å². The van der Waals surface area contributed by atoms with Crippen molar-refractivity contribution in [3.05, 3.63) is 16.0 Å². The molecule has 0 unspecified atom stereocenters. The Hall–Kier alpha value is -2.45. The van der Waals surface area contributed by atoms with Crippen molar-refractivity contribution < 1.29 is 9.53 Å². The first kappa shape index (κ1) is 11.0. The summed E-state index contributed by atoms with van der Waals surface area (Å²) < 4.78 is 5.67. The van der Waals surface area contributed by atoms with Gasteiger partial charge in [-0.2, -0.15) is 4.52 Å². The molecule has 1 atom stereocenters. The highest BCUT2D eigenvalue weighted by molar-refractivity contribution is 5.76. The van der Waals surface area contributed by atoms with Gasteiger partial charge < -0.3 is 10.5 Å². The molecule has 0 aliphatic carbocycles. The van der Waals surface area contributed by atoms with E-state index in [1.807, 2.05) is 0 Å². The van der Waals surface area contributed by atoms with Crippen LogP contribution >= 0.6 is 0 Å². The van der Waals surface area contributed by atoms with Gasteiger partial charge in [-0.15, -0.1) is 10.2 Å². The van der Waals surface area contributed by atoms with Gasteiger partial charge in [-0.1, -0.05) is 0 Å². The largest absolute Gasteiger partial charge is 0.469 e. The van der Waals surface area contributed by atoms with Crippen LogP contribution < -0.4 is 11.3 Å². The van der Waals surface area contributed by atoms with Gasteiger partial charge in [-0.25, -0.2) is 4.98 Å². The van der Waals surface area contributed by atoms with Crippen LogP contribution in [0, 0.1) is 0 Å². The zero-order chi connectivity index (χ0) is 12.6. The quantitative estimate of drug-likeness (QED) is 0.620. The highest BCUT2D eigenvalue weighted by Gasteiger charge is 2.22. The van der Waals surface area contributed by atoms with Crippen LogP contribution in [-0.2, 0) is 9.53 Å². The third-order valence-electron chi connectivity index (χ3n) is 2.30. The third kappa shape index (κ3) is 1.71. The van der Waals surface area contributed by atoms with Crippen LogP contribution in [0.25, 0.3) is 5.78 Å². The number of methoxy groups -OCH3 is 1. The highest BCUT2D eigenvalue weighted by Crippen LogP contribution is 2.10. The number of nitrogens with one attached hydrogen (secondary N) is 1. The molecule has 90 valence electrons. The van der Waals surface area contributed by atoms with Crippen molar-refractivity contribution in [3.8, 4) is 0 Å². The van der Waals surface area contributed by atoms with Gasteiger partial charge >= 0.3 is 5.97 Å². The number of carbonyl (C=O) groups excluding carboxylic acids is 1. The fourth-order valence-electron chi connectivity index (χ4n) is 1.37. The van der Waals surface area contributed by atoms with Gasteiger partial charge in [0.05, 0.1) is 7.11 Å². The van der Waals surface area contributed by atoms with E-state index in [9.17, 15) is 9.59 Å². The van der Waals surface area contributed by atoms with E-state index in [0.29, 0.717) is 0 Å². The van der Waals surface area contributed by atoms with Crippen LogP contribution in [0.15, 0.2) is 4.79 Å². The number of nitrogens with two attached hydrogens (primary N) is 1. The number of nitrogen functional groups attached to an aromatic ring is 1. The van der Waals surface area contributed by atoms with Crippen LogP contribution in [0.2, 0.25) is 0 Å². The molecule has 0 radical (unpaired) electrons. The summed E-state index contributed by atoms with van der Waals surface area (Å²) in [7, 11) is 1.24. The molecule has 0 bridgehead atoms. The summed E-state index contributed by atoms with van der Waals surface area (Å²) in [5.41, 5.74) is 4.92. The Morgan fingerprint density at radius 2 is 2.24 bits per heavy atom. The molecule has 0 fully saturated rings. The number of carbonyl (C=O) groups is 1. The summed E-state index contributed by atoms with van der Waals surface area (Å²) in [4.78, 5) is 26.9. The number of aromatic nitrogens is 5. The lowest BCUT2D eigenvalue weighted by Gasteiger charge is -2.07. The van der Waals surface area contributed by atoms with Crippen LogP contribution in [0.5, 0.6) is 0 Å². The number of hydrogen-bond donors (Lipinski definition) is 2. The van der Waals surface area contributed by atoms with E-state index >= 15 is 0 Å². The molecular formula is C8H10N6O3. The van der Waals surface area contributed by atoms with Gasteiger partial charge in [0, 0.05) is 0 Å². The third-order valence-corrected chi connectivity index (χ3v) is 2.30. The summed E-state index contributed by atoms with van der Waals surface area (Å²) >= 11 is 0. The molecule has 2 aromatic heterocycles. The Labute approximate surface area is 94.6 Å². The number of H-pyrrole nitrogens is 1. The van der Waals surface area contributed by atoms with Crippen molar-refractivity contribution >= 4 is 17.7 Å². The minimum Gasteiger partial charge on any atom is -0.469 e. The molecule has 0 saturated heterocycles. The number of esters is 1. The lowest BCUT2D eigenvalue weighted by Crippen LogP contribution is -2.25. The number of fused-ring (bicyclic) bond motifs is 1. The van der Waals surface area contributed by atoms with Crippen molar-refractivity contribution in [1.82, 2.24) is 24.8 Å². The van der Waals surface area contributed by atoms with E-state index in [-0.39, 0.29) is 17.4 Å². The molecule has 0 saturated carbocycles. The first-order valence-electron chi connectivity index (χ1n) is 4.73. The van der Waals surface area contributed by atoms with Crippen LogP contribution in [0.4, 0.5) is 5.95 Å². The van der Waals surface area contributed by atoms with E-state index in [1.165, 1.54) is 14.0 Å². The summed E-state index contributed by atoms with van der Waals surface area (Å²) in [6, 6.07) is 0. The minimum atomic E-state index is -0.785. The molecule has 9 heteroatoms. The van der Waals surface area contributed by atoms with Crippen molar-refractivity contribution in [2.75, 3.05) is 12.8 Å². The smallest absolute Gasteiger partial charge is 0.314 e. The fraction of sp³-hybridized carbons (Fsp3) is 0.375. The average molecular weight is 238 g/mol. The molecule has 2 heterocycles. The van der Waals surface area contributed by atoms with Crippen molar-refractivity contribution in [2.24, 2.45) is 0 Å². The summed E-state index contributed by atoms with van der Waals surface area (Å²) in [5, 5.41) is 9.59. The number of ether oxygens (including phenoxy) is 1. The summed E-state index contributed by atoms with van der Waals surface area (Å²) in [6.45, 7) is 1.51. The minimum absolute atomic E-state index is 0.0109. The van der Waals surface area contributed by atoms with Crippen molar-refractivity contribution in [1.29, 1.82) is 0 Å². The normalized spacial score (nSPS) is 12.6. The maximum atomic E-state index is 11.7. The van der Waals surface area contributed by atoms with Gasteiger partial charge in [-0.3, -0.25) is 14.7 Å². The molecule has 0 aliphatic rings. The molecule has 3 N–H and O–H groups in total. The SMILES string of the molecule is COC(=O)[C@@H](C)c1nc2nnc(N)n2[nH]c1=O. The second-order valence-corrected chi connectivity index (χ2v) is 3.38. The molecule has 17 heavy (non-hydrogen) atoms. The Balaban J connectivity index is 2.59. The van der Waals surface area contributed by atoms with Crippen LogP contribution in [-0.4, -0.2) is 37.9 Å². The Bertz CT molecular complexity index is 630. The molecule has 0 spiro atoms. The molecule has 0 aromatic carbocycles. The highest BCUT2D eigenvalue weighted by atomic mass is 16.5. The fourth-order valence-corrected chi connectivity index (χ4v) is 1.37. The van der Waals surface area contributed by atoms with Gasteiger partial charge in [0.1, 0.15) is 11.6 Å². The molecule has 9 nitrogen and oxygen atoms in total. The van der Waals surface area contributed by atoms with E-state index in [2.05, 4.69) is 25.0 Å². The first-order chi connectivity index (χ1) is 8.04. The van der Waals surface area contributed by atoms with Gasteiger partial charge in [0.25, 0.3) is 11.3 Å². The number of aromatic amines is 1. The molecule has 2 rings (SSSR count). The van der Waals surface area contributed by atoms with Gasteiger partial charge in [0.15, 0.2) is 0 Å². The predicted octanol–water partition coefficient (Wildman–Crippen LogP) is -1.33. The zero-order valence-electron chi connectivity index (χ0n) is 9.17. The average Bonchev–Trinajstić information content (AvgIpc) is 2.68. The van der Waals surface area contributed by atoms with Crippen molar-refractivity contribution in [3.63, 3.8) is 0 Å². The lowest BCUT2D eigenvalue weighted by atomic mass is 10.1. The number of hydrogen-bond acceptors (Lipinski definition) is 7. The predicted molar refractivity (Wildman–Crippen MR) is 56.2 cm³/mol. The van der Waals surface area contributed by atoms with E-state index in [4.69, 9.17) is 5.73 Å². The Morgan fingerprint density at radius 1 is 1.53 bits per heavy atom. The molecule has 2 aromatic rings.